The van der Waals surface area contributed by atoms with E-state index in [2.05, 4.69) is 4.98 Å². The van der Waals surface area contributed by atoms with Crippen LogP contribution in [0.2, 0.25) is 5.02 Å². The van der Waals surface area contributed by atoms with Gasteiger partial charge in [0, 0.05) is 10.6 Å². The predicted molar refractivity (Wildman–Crippen MR) is 125 cm³/mol. The van der Waals surface area contributed by atoms with Crippen molar-refractivity contribution in [2.45, 2.75) is 19.9 Å². The summed E-state index contributed by atoms with van der Waals surface area (Å²) in [4.78, 5) is 44.4. The van der Waals surface area contributed by atoms with Crippen molar-refractivity contribution in [3.8, 4) is 0 Å². The smallest absolute Gasteiger partial charge is 0.350 e. The first-order valence-corrected chi connectivity index (χ1v) is 11.3. The Kier molecular flexibility index (Phi) is 6.31. The molecule has 1 amide bonds. The molecule has 0 aliphatic carbocycles. The van der Waals surface area contributed by atoms with Crippen LogP contribution in [0.5, 0.6) is 0 Å². The number of Topliss-reactive ketones (excluding diaryl/α,β-unsaturated/α-hetero) is 1. The highest BCUT2D eigenvalue weighted by Crippen LogP contribution is 2.43. The average molecular weight is 483 g/mol. The van der Waals surface area contributed by atoms with E-state index in [-0.39, 0.29) is 27.9 Å². The van der Waals surface area contributed by atoms with Crippen molar-refractivity contribution >= 4 is 51.5 Å². The van der Waals surface area contributed by atoms with Crippen LogP contribution in [0.25, 0.3) is 5.76 Å². The molecule has 7 nitrogen and oxygen atoms in total. The SMILES string of the molecule is CCOC(=O)c1sc(N2C(=O)C(=O)C(=C(O)c3ccc(Cl)cc3)[C@@H]2c2ccccc2)nc1C. The number of aromatic nitrogens is 1. The first-order valence-electron chi connectivity index (χ1n) is 10.1. The van der Waals surface area contributed by atoms with Gasteiger partial charge in [-0.05, 0) is 43.7 Å². The lowest BCUT2D eigenvalue weighted by molar-refractivity contribution is -0.132. The number of carbonyl (C=O) groups is 3. The number of aryl methyl sites for hydroxylation is 1. The lowest BCUT2D eigenvalue weighted by atomic mass is 9.95. The fraction of sp³-hybridized carbons (Fsp3) is 0.167. The Hall–Kier alpha value is -3.49. The van der Waals surface area contributed by atoms with Gasteiger partial charge in [-0.3, -0.25) is 14.5 Å². The second-order valence-electron chi connectivity index (χ2n) is 7.22. The summed E-state index contributed by atoms with van der Waals surface area (Å²) in [6, 6.07) is 14.2. The van der Waals surface area contributed by atoms with Gasteiger partial charge in [-0.15, -0.1) is 0 Å². The molecule has 9 heteroatoms. The van der Waals surface area contributed by atoms with E-state index >= 15 is 0 Å². The predicted octanol–water partition coefficient (Wildman–Crippen LogP) is 4.91. The number of thiazole rings is 1. The van der Waals surface area contributed by atoms with Gasteiger partial charge in [-0.1, -0.05) is 53.3 Å². The molecule has 1 saturated heterocycles. The molecule has 0 unspecified atom stereocenters. The Labute approximate surface area is 198 Å². The van der Waals surface area contributed by atoms with Crippen molar-refractivity contribution in [1.29, 1.82) is 0 Å². The summed E-state index contributed by atoms with van der Waals surface area (Å²) in [5.74, 6) is -2.56. The second-order valence-corrected chi connectivity index (χ2v) is 8.63. The molecule has 2 aromatic carbocycles. The van der Waals surface area contributed by atoms with Crippen LogP contribution in [0, 0.1) is 6.92 Å². The number of ether oxygens (including phenoxy) is 1. The normalized spacial score (nSPS) is 17.4. The molecule has 1 N–H and O–H groups in total. The molecular formula is C24H19ClN2O5S. The number of anilines is 1. The standard InChI is InChI=1S/C24H19ClN2O5S/c1-3-32-23(31)21-13(2)26-24(33-21)27-18(14-7-5-4-6-8-14)17(20(29)22(27)30)19(28)15-9-11-16(25)12-10-15/h4-12,18,28H,3H2,1-2H3/t18-/m0/s1. The Balaban J connectivity index is 1.89. The number of esters is 1. The van der Waals surface area contributed by atoms with Crippen molar-refractivity contribution in [3.05, 3.63) is 86.9 Å². The molecular weight excluding hydrogens is 464 g/mol. The zero-order valence-electron chi connectivity index (χ0n) is 17.7. The first kappa shape index (κ1) is 22.7. The van der Waals surface area contributed by atoms with Crippen LogP contribution in [0.4, 0.5) is 5.13 Å². The minimum atomic E-state index is -0.928. The third kappa shape index (κ3) is 4.15. The Morgan fingerprint density at radius 3 is 2.45 bits per heavy atom. The third-order valence-electron chi connectivity index (χ3n) is 5.13. The van der Waals surface area contributed by atoms with Crippen molar-refractivity contribution in [2.24, 2.45) is 0 Å². The van der Waals surface area contributed by atoms with Crippen LogP contribution in [-0.2, 0) is 14.3 Å². The fourth-order valence-electron chi connectivity index (χ4n) is 3.62. The largest absolute Gasteiger partial charge is 0.507 e. The molecule has 1 fully saturated rings. The van der Waals surface area contributed by atoms with Crippen LogP contribution in [-0.4, -0.2) is 34.4 Å². The number of benzene rings is 2. The van der Waals surface area contributed by atoms with E-state index in [9.17, 15) is 19.5 Å². The molecule has 0 saturated carbocycles. The van der Waals surface area contributed by atoms with Crippen molar-refractivity contribution < 1.29 is 24.2 Å². The number of hydrogen-bond donors (Lipinski definition) is 1. The zero-order chi connectivity index (χ0) is 23.7. The van der Waals surface area contributed by atoms with Crippen LogP contribution in [0.15, 0.2) is 60.2 Å². The number of carbonyl (C=O) groups excluding carboxylic acids is 3. The molecule has 0 radical (unpaired) electrons. The zero-order valence-corrected chi connectivity index (χ0v) is 19.3. The molecule has 0 spiro atoms. The van der Waals surface area contributed by atoms with E-state index in [1.807, 2.05) is 0 Å². The summed E-state index contributed by atoms with van der Waals surface area (Å²) in [7, 11) is 0. The molecule has 3 aromatic rings. The maximum absolute atomic E-state index is 13.2. The van der Waals surface area contributed by atoms with Crippen molar-refractivity contribution in [1.82, 2.24) is 4.98 Å². The fourth-order valence-corrected chi connectivity index (χ4v) is 4.73. The lowest BCUT2D eigenvalue weighted by Crippen LogP contribution is -2.29. The topological polar surface area (TPSA) is 96.8 Å². The summed E-state index contributed by atoms with van der Waals surface area (Å²) in [5, 5.41) is 11.7. The minimum Gasteiger partial charge on any atom is -0.507 e. The summed E-state index contributed by atoms with van der Waals surface area (Å²) < 4.78 is 5.07. The van der Waals surface area contributed by atoms with Gasteiger partial charge in [0.1, 0.15) is 10.6 Å². The van der Waals surface area contributed by atoms with Crippen LogP contribution < -0.4 is 4.90 Å². The third-order valence-corrected chi connectivity index (χ3v) is 6.52. The molecule has 2 heterocycles. The van der Waals surface area contributed by atoms with Gasteiger partial charge >= 0.3 is 11.9 Å². The number of ketones is 1. The van der Waals surface area contributed by atoms with E-state index in [1.165, 1.54) is 4.90 Å². The van der Waals surface area contributed by atoms with E-state index in [0.29, 0.717) is 21.8 Å². The highest BCUT2D eigenvalue weighted by Gasteiger charge is 2.48. The maximum Gasteiger partial charge on any atom is 0.350 e. The van der Waals surface area contributed by atoms with E-state index in [0.717, 1.165) is 11.3 Å². The first-order chi connectivity index (χ1) is 15.8. The number of amides is 1. The second kappa shape index (κ2) is 9.17. The molecule has 168 valence electrons. The van der Waals surface area contributed by atoms with E-state index in [1.54, 1.807) is 68.4 Å². The van der Waals surface area contributed by atoms with Gasteiger partial charge < -0.3 is 9.84 Å². The lowest BCUT2D eigenvalue weighted by Gasteiger charge is -2.22. The minimum absolute atomic E-state index is 0.0703. The number of aliphatic hydroxyl groups is 1. The Bertz CT molecular complexity index is 1270. The number of rotatable bonds is 5. The quantitative estimate of drug-likeness (QED) is 0.240. The van der Waals surface area contributed by atoms with E-state index < -0.39 is 23.7 Å². The van der Waals surface area contributed by atoms with Crippen LogP contribution >= 0.6 is 22.9 Å². The average Bonchev–Trinajstić information content (AvgIpc) is 3.31. The van der Waals surface area contributed by atoms with Gasteiger partial charge in [0.25, 0.3) is 5.78 Å². The molecule has 1 aromatic heterocycles. The van der Waals surface area contributed by atoms with Crippen molar-refractivity contribution in [2.75, 3.05) is 11.5 Å². The Morgan fingerprint density at radius 1 is 1.15 bits per heavy atom. The summed E-state index contributed by atoms with van der Waals surface area (Å²) >= 11 is 6.92. The highest BCUT2D eigenvalue weighted by molar-refractivity contribution is 7.17. The van der Waals surface area contributed by atoms with Crippen LogP contribution in [0.3, 0.4) is 0 Å². The monoisotopic (exact) mass is 482 g/mol. The summed E-state index contributed by atoms with van der Waals surface area (Å²) in [6.07, 6.45) is 0. The van der Waals surface area contributed by atoms with Gasteiger partial charge in [-0.2, -0.15) is 0 Å². The molecule has 0 bridgehead atoms. The summed E-state index contributed by atoms with van der Waals surface area (Å²) in [6.45, 7) is 3.52. The number of nitrogens with zero attached hydrogens (tertiary/aromatic N) is 2. The molecule has 1 aliphatic rings. The maximum atomic E-state index is 13.2. The van der Waals surface area contributed by atoms with Crippen molar-refractivity contribution in [3.63, 3.8) is 0 Å². The van der Waals surface area contributed by atoms with E-state index in [4.69, 9.17) is 16.3 Å². The Morgan fingerprint density at radius 2 is 1.82 bits per heavy atom. The molecule has 1 atom stereocenters. The highest BCUT2D eigenvalue weighted by atomic mass is 35.5. The summed E-state index contributed by atoms with van der Waals surface area (Å²) in [5.41, 5.74) is 1.28. The van der Waals surface area contributed by atoms with Gasteiger partial charge in [-0.25, -0.2) is 9.78 Å². The van der Waals surface area contributed by atoms with Gasteiger partial charge in [0.15, 0.2) is 5.13 Å². The number of halogens is 1. The number of aliphatic hydroxyl groups excluding tert-OH is 1. The number of hydrogen-bond acceptors (Lipinski definition) is 7. The van der Waals surface area contributed by atoms with Crippen LogP contribution in [0.1, 0.15) is 39.5 Å². The van der Waals surface area contributed by atoms with Gasteiger partial charge in [0.05, 0.1) is 23.9 Å². The molecule has 4 rings (SSSR count). The molecule has 1 aliphatic heterocycles. The van der Waals surface area contributed by atoms with Gasteiger partial charge in [0.2, 0.25) is 0 Å². The molecule has 33 heavy (non-hydrogen) atoms.